The zero-order chi connectivity index (χ0) is 13.1. The van der Waals surface area contributed by atoms with E-state index in [0.29, 0.717) is 0 Å². The fourth-order valence-electron chi connectivity index (χ4n) is 2.31. The first-order valence-electron chi connectivity index (χ1n) is 6.32. The lowest BCUT2D eigenvalue weighted by Crippen LogP contribution is -2.16. The lowest BCUT2D eigenvalue weighted by molar-refractivity contribution is 0.631. The van der Waals surface area contributed by atoms with Crippen LogP contribution in [0, 0.1) is 13.8 Å². The molecule has 18 heavy (non-hydrogen) atoms. The van der Waals surface area contributed by atoms with Crippen LogP contribution in [0.3, 0.4) is 0 Å². The highest BCUT2D eigenvalue weighted by molar-refractivity contribution is 5.26. The topological polar surface area (TPSA) is 47.7 Å². The van der Waals surface area contributed by atoms with Gasteiger partial charge in [0.2, 0.25) is 0 Å². The van der Waals surface area contributed by atoms with Gasteiger partial charge in [0.05, 0.1) is 6.54 Å². The molecule has 5 nitrogen and oxygen atoms in total. The molecule has 2 aromatic rings. The largest absolute Gasteiger partial charge is 0.349 e. The highest BCUT2D eigenvalue weighted by Gasteiger charge is 2.07. The van der Waals surface area contributed by atoms with E-state index in [1.54, 1.807) is 6.33 Å². The van der Waals surface area contributed by atoms with Crippen LogP contribution >= 0.6 is 0 Å². The monoisotopic (exact) mass is 247 g/mol. The molecule has 0 aliphatic heterocycles. The van der Waals surface area contributed by atoms with E-state index in [0.717, 1.165) is 25.5 Å². The Labute approximate surface area is 108 Å². The summed E-state index contributed by atoms with van der Waals surface area (Å²) >= 11 is 0. The van der Waals surface area contributed by atoms with E-state index in [4.69, 9.17) is 0 Å². The molecule has 0 amide bonds. The Morgan fingerprint density at radius 1 is 1.28 bits per heavy atom. The van der Waals surface area contributed by atoms with Gasteiger partial charge in [-0.25, -0.2) is 0 Å². The minimum Gasteiger partial charge on any atom is -0.349 e. The van der Waals surface area contributed by atoms with Crippen molar-refractivity contribution in [2.75, 3.05) is 0 Å². The number of nitrogens with one attached hydrogen (secondary N) is 1. The van der Waals surface area contributed by atoms with Crippen LogP contribution in [0.5, 0.6) is 0 Å². The van der Waals surface area contributed by atoms with E-state index in [9.17, 15) is 0 Å². The van der Waals surface area contributed by atoms with E-state index < -0.39 is 0 Å². The Balaban J connectivity index is 1.97. The van der Waals surface area contributed by atoms with Crippen LogP contribution in [0.4, 0.5) is 0 Å². The van der Waals surface area contributed by atoms with Crippen molar-refractivity contribution < 1.29 is 0 Å². The van der Waals surface area contributed by atoms with Gasteiger partial charge in [-0.3, -0.25) is 0 Å². The molecule has 0 unspecified atom stereocenters. The lowest BCUT2D eigenvalue weighted by atomic mass is 10.2. The number of hydrogen-bond donors (Lipinski definition) is 1. The van der Waals surface area contributed by atoms with Gasteiger partial charge in [-0.15, -0.1) is 10.2 Å². The third-order valence-corrected chi connectivity index (χ3v) is 3.40. The third-order valence-electron chi connectivity index (χ3n) is 3.40. The molecule has 0 radical (unpaired) electrons. The summed E-state index contributed by atoms with van der Waals surface area (Å²) in [6.07, 6.45) is 1.72. The summed E-state index contributed by atoms with van der Waals surface area (Å²) in [6.45, 7) is 9.15. The van der Waals surface area contributed by atoms with Crippen molar-refractivity contribution in [1.82, 2.24) is 24.6 Å². The molecule has 0 atom stereocenters. The maximum absolute atomic E-state index is 4.05. The predicted molar refractivity (Wildman–Crippen MR) is 71.1 cm³/mol. The van der Waals surface area contributed by atoms with Gasteiger partial charge >= 0.3 is 0 Å². The molecule has 1 N–H and O–H groups in total. The molecule has 0 aliphatic rings. The van der Waals surface area contributed by atoms with Crippen LogP contribution in [0.25, 0.3) is 0 Å². The molecule has 2 heterocycles. The first kappa shape index (κ1) is 12.8. The van der Waals surface area contributed by atoms with Crippen molar-refractivity contribution in [3.63, 3.8) is 0 Å². The van der Waals surface area contributed by atoms with E-state index in [-0.39, 0.29) is 0 Å². The molecule has 0 bridgehead atoms. The van der Waals surface area contributed by atoms with Gasteiger partial charge < -0.3 is 14.5 Å². The average Bonchev–Trinajstić information content (AvgIpc) is 2.85. The van der Waals surface area contributed by atoms with Crippen molar-refractivity contribution in [2.24, 2.45) is 7.05 Å². The Kier molecular flexibility index (Phi) is 3.81. The molecule has 0 aliphatic carbocycles. The summed E-state index contributed by atoms with van der Waals surface area (Å²) in [4.78, 5) is 0. The van der Waals surface area contributed by atoms with Gasteiger partial charge in [-0.05, 0) is 32.4 Å². The van der Waals surface area contributed by atoms with E-state index in [1.165, 1.54) is 17.0 Å². The normalized spacial score (nSPS) is 11.1. The number of hydrogen-bond acceptors (Lipinski definition) is 3. The van der Waals surface area contributed by atoms with Gasteiger partial charge in [-0.2, -0.15) is 0 Å². The van der Waals surface area contributed by atoms with Gasteiger partial charge in [0.25, 0.3) is 0 Å². The Hall–Kier alpha value is -1.62. The van der Waals surface area contributed by atoms with Crippen LogP contribution in [0.1, 0.15) is 29.7 Å². The number of aryl methyl sites for hydroxylation is 2. The second kappa shape index (κ2) is 5.35. The summed E-state index contributed by atoms with van der Waals surface area (Å²) < 4.78 is 4.27. The first-order valence-corrected chi connectivity index (χ1v) is 6.32. The summed E-state index contributed by atoms with van der Waals surface area (Å²) in [5.74, 6) is 0.958. The zero-order valence-corrected chi connectivity index (χ0v) is 11.6. The van der Waals surface area contributed by atoms with Crippen molar-refractivity contribution in [1.29, 1.82) is 0 Å². The second-order valence-electron chi connectivity index (χ2n) is 4.60. The molecule has 0 aromatic carbocycles. The lowest BCUT2D eigenvalue weighted by Gasteiger charge is -2.07. The van der Waals surface area contributed by atoms with Crippen LogP contribution in [0.2, 0.25) is 0 Å². The summed E-state index contributed by atoms with van der Waals surface area (Å²) in [5.41, 5.74) is 4.03. The molecular formula is C13H21N5. The molecule has 0 fully saturated rings. The van der Waals surface area contributed by atoms with Crippen molar-refractivity contribution >= 4 is 0 Å². The smallest absolute Gasteiger partial charge is 0.146 e. The molecular weight excluding hydrogens is 226 g/mol. The number of nitrogens with zero attached hydrogens (tertiary/aromatic N) is 4. The predicted octanol–water partition coefficient (Wildman–Crippen LogP) is 1.54. The van der Waals surface area contributed by atoms with Crippen molar-refractivity contribution in [3.05, 3.63) is 35.2 Å². The Morgan fingerprint density at radius 3 is 2.61 bits per heavy atom. The average molecular weight is 247 g/mol. The van der Waals surface area contributed by atoms with Crippen LogP contribution in [0.15, 0.2) is 12.4 Å². The van der Waals surface area contributed by atoms with E-state index in [1.807, 2.05) is 11.6 Å². The van der Waals surface area contributed by atoms with Crippen LogP contribution < -0.4 is 5.32 Å². The second-order valence-corrected chi connectivity index (χ2v) is 4.60. The van der Waals surface area contributed by atoms with Gasteiger partial charge in [0.15, 0.2) is 0 Å². The Bertz CT molecular complexity index is 523. The molecule has 0 saturated carbocycles. The fraction of sp³-hybridized carbons (Fsp3) is 0.538. The van der Waals surface area contributed by atoms with Gasteiger partial charge in [0, 0.05) is 31.5 Å². The van der Waals surface area contributed by atoms with E-state index in [2.05, 4.69) is 46.9 Å². The van der Waals surface area contributed by atoms with Crippen LogP contribution in [-0.2, 0) is 26.7 Å². The third kappa shape index (κ3) is 2.46. The highest BCUT2D eigenvalue weighted by Crippen LogP contribution is 2.14. The maximum atomic E-state index is 4.05. The first-order chi connectivity index (χ1) is 8.63. The van der Waals surface area contributed by atoms with Crippen LogP contribution in [-0.4, -0.2) is 19.3 Å². The maximum Gasteiger partial charge on any atom is 0.146 e. The molecule has 0 saturated heterocycles. The van der Waals surface area contributed by atoms with Crippen molar-refractivity contribution in [2.45, 2.75) is 40.4 Å². The number of rotatable bonds is 5. The quantitative estimate of drug-likeness (QED) is 0.872. The molecule has 5 heteroatoms. The zero-order valence-electron chi connectivity index (χ0n) is 11.6. The summed E-state index contributed by atoms with van der Waals surface area (Å²) in [7, 11) is 1.96. The minimum atomic E-state index is 0.742. The number of aromatic nitrogens is 4. The van der Waals surface area contributed by atoms with E-state index >= 15 is 0 Å². The molecule has 2 rings (SSSR count). The molecule has 98 valence electrons. The molecule has 0 spiro atoms. The fourth-order valence-corrected chi connectivity index (χ4v) is 2.31. The highest BCUT2D eigenvalue weighted by atomic mass is 15.3. The summed E-state index contributed by atoms with van der Waals surface area (Å²) in [6, 6.07) is 2.25. The SMILES string of the molecule is CCn1c(C)cc(CNCc2nncn2C)c1C. The van der Waals surface area contributed by atoms with Gasteiger partial charge in [-0.1, -0.05) is 0 Å². The van der Waals surface area contributed by atoms with Crippen molar-refractivity contribution in [3.8, 4) is 0 Å². The minimum absolute atomic E-state index is 0.742. The molecule has 2 aromatic heterocycles. The Morgan fingerprint density at radius 2 is 2.06 bits per heavy atom. The van der Waals surface area contributed by atoms with Gasteiger partial charge in [0.1, 0.15) is 12.2 Å². The summed E-state index contributed by atoms with van der Waals surface area (Å²) in [5, 5.41) is 11.3. The standard InChI is InChI=1S/C13H21N5/c1-5-18-10(2)6-12(11(18)3)7-14-8-13-16-15-9-17(13)4/h6,9,14H,5,7-8H2,1-4H3.